The second-order valence-corrected chi connectivity index (χ2v) is 7.25. The molecule has 2 fully saturated rings. The summed E-state index contributed by atoms with van der Waals surface area (Å²) >= 11 is 0. The van der Waals surface area contributed by atoms with Crippen molar-refractivity contribution in [3.8, 4) is 0 Å². The van der Waals surface area contributed by atoms with Gasteiger partial charge in [-0.1, -0.05) is 6.92 Å². The van der Waals surface area contributed by atoms with Gasteiger partial charge in [0, 0.05) is 30.9 Å². The zero-order valence-electron chi connectivity index (χ0n) is 15.6. The molecule has 1 aliphatic heterocycles. The van der Waals surface area contributed by atoms with E-state index in [0.717, 1.165) is 49.1 Å². The second kappa shape index (κ2) is 7.06. The van der Waals surface area contributed by atoms with Gasteiger partial charge in [0.1, 0.15) is 6.04 Å². The highest BCUT2D eigenvalue weighted by atomic mass is 16.2. The lowest BCUT2D eigenvalue weighted by Gasteiger charge is -2.27. The molecule has 2 atom stereocenters. The molecule has 1 aliphatic carbocycles. The van der Waals surface area contributed by atoms with Crippen LogP contribution >= 0.6 is 0 Å². The molecular formula is C18H29N5O2. The smallest absolute Gasteiger partial charge is 0.318 e. The first kappa shape index (κ1) is 17.8. The van der Waals surface area contributed by atoms with E-state index in [1.807, 2.05) is 25.6 Å². The Morgan fingerprint density at radius 2 is 2.00 bits per heavy atom. The van der Waals surface area contributed by atoms with Crippen LogP contribution in [0.15, 0.2) is 0 Å². The Kier molecular flexibility index (Phi) is 5.01. The summed E-state index contributed by atoms with van der Waals surface area (Å²) in [5.74, 6) is -0.00284. The molecule has 1 aromatic heterocycles. The molecule has 2 N–H and O–H groups in total. The minimum absolute atomic E-state index is 0.00284. The lowest BCUT2D eigenvalue weighted by Crippen LogP contribution is -2.50. The first-order valence-electron chi connectivity index (χ1n) is 9.30. The number of amides is 3. The third-order valence-corrected chi connectivity index (χ3v) is 5.36. The molecule has 0 bridgehead atoms. The fraction of sp³-hybridized carbons (Fsp3) is 0.722. The van der Waals surface area contributed by atoms with Crippen molar-refractivity contribution in [1.82, 2.24) is 25.3 Å². The van der Waals surface area contributed by atoms with Crippen LogP contribution in [0.5, 0.6) is 0 Å². The number of nitrogens with one attached hydrogen (secondary N) is 2. The Hall–Kier alpha value is -2.05. The van der Waals surface area contributed by atoms with E-state index in [1.165, 1.54) is 0 Å². The van der Waals surface area contributed by atoms with Crippen molar-refractivity contribution in [2.24, 2.45) is 7.05 Å². The molecule has 7 heteroatoms. The van der Waals surface area contributed by atoms with Crippen molar-refractivity contribution in [1.29, 1.82) is 0 Å². The van der Waals surface area contributed by atoms with Crippen LogP contribution in [0.4, 0.5) is 4.79 Å². The van der Waals surface area contributed by atoms with Crippen LogP contribution in [-0.4, -0.2) is 45.2 Å². The maximum absolute atomic E-state index is 12.8. The summed E-state index contributed by atoms with van der Waals surface area (Å²) in [5, 5.41) is 10.6. The second-order valence-electron chi connectivity index (χ2n) is 7.25. The molecule has 0 spiro atoms. The van der Waals surface area contributed by atoms with E-state index in [1.54, 1.807) is 4.90 Å². The maximum Gasteiger partial charge on any atom is 0.318 e. The SMILES string of the molecule is CCC(NC(=O)N1CCCC1C(=O)NC1CC1)c1c(C)nn(C)c1C. The van der Waals surface area contributed by atoms with Crippen LogP contribution in [0.3, 0.4) is 0 Å². The van der Waals surface area contributed by atoms with Gasteiger partial charge in [0.2, 0.25) is 5.91 Å². The largest absolute Gasteiger partial charge is 0.352 e. The number of urea groups is 1. The zero-order valence-corrected chi connectivity index (χ0v) is 15.6. The number of likely N-dealkylation sites (tertiary alicyclic amines) is 1. The van der Waals surface area contributed by atoms with Crippen molar-refractivity contribution >= 4 is 11.9 Å². The average molecular weight is 347 g/mol. The predicted molar refractivity (Wildman–Crippen MR) is 95.1 cm³/mol. The molecule has 0 aromatic carbocycles. The van der Waals surface area contributed by atoms with Crippen molar-refractivity contribution in [3.63, 3.8) is 0 Å². The third kappa shape index (κ3) is 3.65. The first-order valence-corrected chi connectivity index (χ1v) is 9.30. The molecule has 2 aliphatic rings. The van der Waals surface area contributed by atoms with Crippen molar-refractivity contribution in [2.75, 3.05) is 6.54 Å². The Labute approximate surface area is 149 Å². The standard InChI is InChI=1S/C18H29N5O2/c1-5-14(16-11(2)21-22(4)12(16)3)20-18(25)23-10-6-7-15(23)17(24)19-13-8-9-13/h13-15H,5-10H2,1-4H3,(H,19,24)(H,20,25). The summed E-state index contributed by atoms with van der Waals surface area (Å²) < 4.78 is 1.85. The zero-order chi connectivity index (χ0) is 18.1. The van der Waals surface area contributed by atoms with Gasteiger partial charge in [-0.2, -0.15) is 5.10 Å². The number of aryl methyl sites for hydroxylation is 2. The van der Waals surface area contributed by atoms with E-state index in [2.05, 4.69) is 22.7 Å². The highest BCUT2D eigenvalue weighted by Gasteiger charge is 2.37. The molecule has 1 saturated heterocycles. The van der Waals surface area contributed by atoms with E-state index in [9.17, 15) is 9.59 Å². The molecule has 2 unspecified atom stereocenters. The van der Waals surface area contributed by atoms with Gasteiger partial charge in [-0.25, -0.2) is 4.79 Å². The molecule has 7 nitrogen and oxygen atoms in total. The minimum atomic E-state index is -0.339. The van der Waals surface area contributed by atoms with E-state index in [0.29, 0.717) is 12.6 Å². The van der Waals surface area contributed by atoms with Crippen LogP contribution in [0.2, 0.25) is 0 Å². The number of hydrogen-bond acceptors (Lipinski definition) is 3. The summed E-state index contributed by atoms with van der Waals surface area (Å²) in [5.41, 5.74) is 3.09. The molecule has 1 aromatic rings. The molecule has 1 saturated carbocycles. The van der Waals surface area contributed by atoms with Gasteiger partial charge in [0.25, 0.3) is 0 Å². The summed E-state index contributed by atoms with van der Waals surface area (Å²) in [6.07, 6.45) is 4.52. The normalized spacial score (nSPS) is 21.3. The molecule has 25 heavy (non-hydrogen) atoms. The van der Waals surface area contributed by atoms with Gasteiger partial charge >= 0.3 is 6.03 Å². The summed E-state index contributed by atoms with van der Waals surface area (Å²) in [6.45, 7) is 6.68. The Balaban J connectivity index is 1.69. The minimum Gasteiger partial charge on any atom is -0.352 e. The van der Waals surface area contributed by atoms with Crippen LogP contribution in [-0.2, 0) is 11.8 Å². The maximum atomic E-state index is 12.8. The van der Waals surface area contributed by atoms with Crippen LogP contribution in [0.1, 0.15) is 62.0 Å². The summed E-state index contributed by atoms with van der Waals surface area (Å²) in [7, 11) is 1.92. The number of rotatable bonds is 5. The van der Waals surface area contributed by atoms with Crippen LogP contribution in [0, 0.1) is 13.8 Å². The number of nitrogens with zero attached hydrogens (tertiary/aromatic N) is 3. The Morgan fingerprint density at radius 3 is 2.56 bits per heavy atom. The lowest BCUT2D eigenvalue weighted by atomic mass is 10.0. The highest BCUT2D eigenvalue weighted by Crippen LogP contribution is 2.26. The number of carbonyl (C=O) groups is 2. The Morgan fingerprint density at radius 1 is 1.28 bits per heavy atom. The fourth-order valence-electron chi connectivity index (χ4n) is 3.71. The van der Waals surface area contributed by atoms with Crippen LogP contribution in [0.25, 0.3) is 0 Å². The summed E-state index contributed by atoms with van der Waals surface area (Å²) in [4.78, 5) is 26.9. The van der Waals surface area contributed by atoms with Gasteiger partial charge in [-0.05, 0) is 46.0 Å². The Bertz CT molecular complexity index is 665. The van der Waals surface area contributed by atoms with Gasteiger partial charge in [-0.3, -0.25) is 9.48 Å². The van der Waals surface area contributed by atoms with E-state index >= 15 is 0 Å². The van der Waals surface area contributed by atoms with Gasteiger partial charge in [-0.15, -0.1) is 0 Å². The van der Waals surface area contributed by atoms with Crippen molar-refractivity contribution < 1.29 is 9.59 Å². The van der Waals surface area contributed by atoms with Gasteiger partial charge in [0.15, 0.2) is 0 Å². The third-order valence-electron chi connectivity index (χ3n) is 5.36. The summed E-state index contributed by atoms with van der Waals surface area (Å²) in [6, 6.07) is -0.256. The predicted octanol–water partition coefficient (Wildman–Crippen LogP) is 1.94. The van der Waals surface area contributed by atoms with Gasteiger partial charge < -0.3 is 15.5 Å². The van der Waals surface area contributed by atoms with E-state index in [4.69, 9.17) is 0 Å². The number of hydrogen-bond donors (Lipinski definition) is 2. The van der Waals surface area contributed by atoms with E-state index in [-0.39, 0.29) is 24.0 Å². The number of carbonyl (C=O) groups excluding carboxylic acids is 2. The van der Waals surface area contributed by atoms with Gasteiger partial charge in [0.05, 0.1) is 11.7 Å². The molecular weight excluding hydrogens is 318 g/mol. The molecule has 138 valence electrons. The first-order chi connectivity index (χ1) is 11.9. The van der Waals surface area contributed by atoms with Crippen molar-refractivity contribution in [2.45, 2.75) is 71.0 Å². The fourth-order valence-corrected chi connectivity index (χ4v) is 3.71. The number of aromatic nitrogens is 2. The van der Waals surface area contributed by atoms with Crippen molar-refractivity contribution in [3.05, 3.63) is 17.0 Å². The molecule has 3 amide bonds. The van der Waals surface area contributed by atoms with E-state index < -0.39 is 0 Å². The average Bonchev–Trinajstić information content (AvgIpc) is 3.17. The molecule has 3 rings (SSSR count). The quantitative estimate of drug-likeness (QED) is 0.854. The monoisotopic (exact) mass is 347 g/mol. The van der Waals surface area contributed by atoms with Crippen LogP contribution < -0.4 is 10.6 Å². The lowest BCUT2D eigenvalue weighted by molar-refractivity contribution is -0.124. The highest BCUT2D eigenvalue weighted by molar-refractivity contribution is 5.88. The molecule has 0 radical (unpaired) electrons. The topological polar surface area (TPSA) is 79.3 Å². The molecule has 2 heterocycles.